The molecule has 0 aromatic heterocycles. The Hall–Kier alpha value is -2.29. The van der Waals surface area contributed by atoms with Gasteiger partial charge in [-0.05, 0) is 44.4 Å². The van der Waals surface area contributed by atoms with Crippen LogP contribution in [-0.2, 0) is 11.2 Å². The molecular formula is C20H25NO2. The zero-order chi connectivity index (χ0) is 16.5. The minimum atomic E-state index is -0.251. The van der Waals surface area contributed by atoms with Gasteiger partial charge < -0.3 is 10.1 Å². The highest BCUT2D eigenvalue weighted by Gasteiger charge is 2.20. The number of benzene rings is 2. The van der Waals surface area contributed by atoms with E-state index in [-0.39, 0.29) is 11.4 Å². The van der Waals surface area contributed by atoms with Crippen molar-refractivity contribution >= 4 is 5.91 Å². The molecule has 0 saturated carbocycles. The van der Waals surface area contributed by atoms with Crippen molar-refractivity contribution in [2.45, 2.75) is 38.6 Å². The van der Waals surface area contributed by atoms with E-state index < -0.39 is 0 Å². The second kappa shape index (κ2) is 8.37. The summed E-state index contributed by atoms with van der Waals surface area (Å²) in [4.78, 5) is 12.1. The number of carbonyl (C=O) groups excluding carboxylic acids is 1. The Morgan fingerprint density at radius 1 is 1.00 bits per heavy atom. The van der Waals surface area contributed by atoms with Crippen LogP contribution in [0.2, 0.25) is 0 Å². The number of hydrogen-bond donors (Lipinski definition) is 1. The first-order valence-electron chi connectivity index (χ1n) is 8.08. The first-order valence-corrected chi connectivity index (χ1v) is 8.08. The van der Waals surface area contributed by atoms with Crippen LogP contribution in [0.5, 0.6) is 5.75 Å². The number of rotatable bonds is 8. The second-order valence-electron chi connectivity index (χ2n) is 6.36. The molecule has 1 N–H and O–H groups in total. The molecule has 0 aliphatic heterocycles. The van der Waals surface area contributed by atoms with Crippen LogP contribution in [-0.4, -0.2) is 18.1 Å². The maximum Gasteiger partial charge on any atom is 0.220 e. The molecule has 0 fully saturated rings. The maximum absolute atomic E-state index is 12.1. The highest BCUT2D eigenvalue weighted by atomic mass is 16.5. The number of amides is 1. The van der Waals surface area contributed by atoms with Crippen molar-refractivity contribution in [2.24, 2.45) is 0 Å². The van der Waals surface area contributed by atoms with E-state index in [4.69, 9.17) is 4.74 Å². The van der Waals surface area contributed by atoms with Gasteiger partial charge in [-0.15, -0.1) is 0 Å². The van der Waals surface area contributed by atoms with Crippen LogP contribution in [0.4, 0.5) is 0 Å². The zero-order valence-corrected chi connectivity index (χ0v) is 13.9. The van der Waals surface area contributed by atoms with Gasteiger partial charge in [0, 0.05) is 12.0 Å². The lowest BCUT2D eigenvalue weighted by Gasteiger charge is -2.26. The molecule has 23 heavy (non-hydrogen) atoms. The van der Waals surface area contributed by atoms with Gasteiger partial charge >= 0.3 is 0 Å². The molecule has 0 atom stereocenters. The van der Waals surface area contributed by atoms with Gasteiger partial charge in [0.05, 0.1) is 6.61 Å². The van der Waals surface area contributed by atoms with Crippen LogP contribution in [0, 0.1) is 0 Å². The summed E-state index contributed by atoms with van der Waals surface area (Å²) in [6.07, 6.45) is 2.01. The molecule has 0 radical (unpaired) electrons. The first-order chi connectivity index (χ1) is 11.1. The fraction of sp³-hybridized carbons (Fsp3) is 0.350. The van der Waals surface area contributed by atoms with Gasteiger partial charge in [0.15, 0.2) is 0 Å². The Morgan fingerprint density at radius 2 is 1.61 bits per heavy atom. The third-order valence-electron chi connectivity index (χ3n) is 3.53. The molecule has 0 saturated heterocycles. The second-order valence-corrected chi connectivity index (χ2v) is 6.36. The number of para-hydroxylation sites is 1. The van der Waals surface area contributed by atoms with E-state index in [9.17, 15) is 4.79 Å². The van der Waals surface area contributed by atoms with Crippen LogP contribution < -0.4 is 10.1 Å². The molecule has 0 aliphatic rings. The van der Waals surface area contributed by atoms with Crippen molar-refractivity contribution in [3.05, 3.63) is 66.2 Å². The molecule has 0 bridgehead atoms. The van der Waals surface area contributed by atoms with Gasteiger partial charge in [-0.2, -0.15) is 0 Å². The normalized spacial score (nSPS) is 11.0. The number of nitrogens with one attached hydrogen (secondary N) is 1. The van der Waals surface area contributed by atoms with Crippen LogP contribution in [0.25, 0.3) is 0 Å². The molecule has 2 rings (SSSR count). The topological polar surface area (TPSA) is 38.3 Å². The van der Waals surface area contributed by atoms with Crippen LogP contribution in [0.15, 0.2) is 60.7 Å². The monoisotopic (exact) mass is 311 g/mol. The van der Waals surface area contributed by atoms with Gasteiger partial charge in [-0.1, -0.05) is 48.5 Å². The molecule has 2 aromatic rings. The number of hydrogen-bond acceptors (Lipinski definition) is 2. The summed E-state index contributed by atoms with van der Waals surface area (Å²) in [6, 6.07) is 19.9. The molecule has 122 valence electrons. The van der Waals surface area contributed by atoms with Gasteiger partial charge in [0.2, 0.25) is 5.91 Å². The van der Waals surface area contributed by atoms with Gasteiger partial charge in [-0.3, -0.25) is 4.79 Å². The highest BCUT2D eigenvalue weighted by Crippen LogP contribution is 2.13. The van der Waals surface area contributed by atoms with Crippen molar-refractivity contribution in [1.29, 1.82) is 0 Å². The molecule has 0 spiro atoms. The molecule has 0 unspecified atom stereocenters. The Kier molecular flexibility index (Phi) is 6.21. The van der Waals surface area contributed by atoms with Crippen LogP contribution in [0.3, 0.4) is 0 Å². The molecule has 0 heterocycles. The van der Waals surface area contributed by atoms with Crippen molar-refractivity contribution in [2.75, 3.05) is 6.61 Å². The molecule has 1 amide bonds. The highest BCUT2D eigenvalue weighted by molar-refractivity contribution is 5.76. The summed E-state index contributed by atoms with van der Waals surface area (Å²) in [6.45, 7) is 4.66. The molecular weight excluding hydrogens is 286 g/mol. The average Bonchev–Trinajstić information content (AvgIpc) is 2.52. The fourth-order valence-electron chi connectivity index (χ4n) is 2.53. The van der Waals surface area contributed by atoms with Crippen molar-refractivity contribution in [3.8, 4) is 5.75 Å². The Balaban J connectivity index is 1.69. The first kappa shape index (κ1) is 17.1. The van der Waals surface area contributed by atoms with Crippen molar-refractivity contribution in [3.63, 3.8) is 0 Å². The smallest absolute Gasteiger partial charge is 0.220 e. The van der Waals surface area contributed by atoms with Gasteiger partial charge in [0.25, 0.3) is 0 Å². The Labute approximate surface area is 138 Å². The lowest BCUT2D eigenvalue weighted by Crippen LogP contribution is -2.45. The summed E-state index contributed by atoms with van der Waals surface area (Å²) in [7, 11) is 0. The predicted octanol–water partition coefficient (Wildman–Crippen LogP) is 3.98. The molecule has 2 aromatic carbocycles. The van der Waals surface area contributed by atoms with Crippen molar-refractivity contribution < 1.29 is 9.53 Å². The van der Waals surface area contributed by atoms with E-state index in [1.54, 1.807) is 0 Å². The number of ether oxygens (including phenoxy) is 1. The van der Waals surface area contributed by atoms with E-state index >= 15 is 0 Å². The standard InChI is InChI=1S/C20H25NO2/c1-20(2,16-17-10-5-3-6-11-17)21-19(22)14-9-15-23-18-12-7-4-8-13-18/h3-8,10-13H,9,14-16H2,1-2H3,(H,21,22). The quantitative estimate of drug-likeness (QED) is 0.749. The zero-order valence-electron chi connectivity index (χ0n) is 13.9. The van der Waals surface area contributed by atoms with E-state index in [0.717, 1.165) is 12.2 Å². The summed E-state index contributed by atoms with van der Waals surface area (Å²) in [5.41, 5.74) is 0.976. The third-order valence-corrected chi connectivity index (χ3v) is 3.53. The summed E-state index contributed by atoms with van der Waals surface area (Å²) in [5.74, 6) is 0.917. The largest absolute Gasteiger partial charge is 0.494 e. The fourth-order valence-corrected chi connectivity index (χ4v) is 2.53. The minimum absolute atomic E-state index is 0.0718. The predicted molar refractivity (Wildman–Crippen MR) is 93.5 cm³/mol. The summed E-state index contributed by atoms with van der Waals surface area (Å²) < 4.78 is 5.60. The lowest BCUT2D eigenvalue weighted by atomic mass is 9.94. The minimum Gasteiger partial charge on any atom is -0.494 e. The SMILES string of the molecule is CC(C)(Cc1ccccc1)NC(=O)CCCOc1ccccc1. The summed E-state index contributed by atoms with van der Waals surface area (Å²) in [5, 5.41) is 3.11. The van der Waals surface area contributed by atoms with Crippen LogP contribution in [0.1, 0.15) is 32.3 Å². The van der Waals surface area contributed by atoms with E-state index in [1.807, 2.05) is 48.5 Å². The van der Waals surface area contributed by atoms with E-state index in [0.29, 0.717) is 19.4 Å². The van der Waals surface area contributed by atoms with Gasteiger partial charge in [-0.25, -0.2) is 0 Å². The van der Waals surface area contributed by atoms with Crippen LogP contribution >= 0.6 is 0 Å². The van der Waals surface area contributed by atoms with E-state index in [1.165, 1.54) is 5.56 Å². The maximum atomic E-state index is 12.1. The molecule has 0 aliphatic carbocycles. The lowest BCUT2D eigenvalue weighted by molar-refractivity contribution is -0.122. The summed E-state index contributed by atoms with van der Waals surface area (Å²) >= 11 is 0. The number of carbonyl (C=O) groups is 1. The third kappa shape index (κ3) is 6.55. The Morgan fingerprint density at radius 3 is 2.26 bits per heavy atom. The molecule has 3 nitrogen and oxygen atoms in total. The molecule has 3 heteroatoms. The van der Waals surface area contributed by atoms with Crippen molar-refractivity contribution in [1.82, 2.24) is 5.32 Å². The van der Waals surface area contributed by atoms with E-state index in [2.05, 4.69) is 31.3 Å². The van der Waals surface area contributed by atoms with Gasteiger partial charge in [0.1, 0.15) is 5.75 Å². The average molecular weight is 311 g/mol. The Bertz CT molecular complexity index is 594.